The quantitative estimate of drug-likeness (QED) is 0.746. The third kappa shape index (κ3) is 2.37. The number of aromatic nitrogens is 2. The van der Waals surface area contributed by atoms with Crippen molar-refractivity contribution in [1.82, 2.24) is 9.97 Å². The summed E-state index contributed by atoms with van der Waals surface area (Å²) in [6, 6.07) is 8.32. The summed E-state index contributed by atoms with van der Waals surface area (Å²) >= 11 is 1.56. The van der Waals surface area contributed by atoms with Gasteiger partial charge in [-0.15, -0.1) is 11.3 Å². The highest BCUT2D eigenvalue weighted by molar-refractivity contribution is 7.16. The molecule has 3 aromatic rings. The van der Waals surface area contributed by atoms with Crippen molar-refractivity contribution in [2.75, 3.05) is 11.1 Å². The highest BCUT2D eigenvalue weighted by Gasteiger charge is 2.08. The van der Waals surface area contributed by atoms with Crippen molar-refractivity contribution in [3.05, 3.63) is 40.8 Å². The average molecular weight is 270 g/mol. The van der Waals surface area contributed by atoms with Gasteiger partial charge in [-0.25, -0.2) is 4.98 Å². The first kappa shape index (κ1) is 11.9. The molecule has 0 saturated heterocycles. The number of nitrogens with one attached hydrogen (secondary N) is 1. The molecule has 0 radical (unpaired) electrons. The van der Waals surface area contributed by atoms with E-state index in [1.165, 1.54) is 11.1 Å². The molecule has 0 fully saturated rings. The van der Waals surface area contributed by atoms with Crippen LogP contribution in [-0.2, 0) is 0 Å². The lowest BCUT2D eigenvalue weighted by Gasteiger charge is -2.09. The second-order valence-electron chi connectivity index (χ2n) is 4.57. The maximum Gasteiger partial charge on any atom is 0.223 e. The van der Waals surface area contributed by atoms with Gasteiger partial charge in [-0.2, -0.15) is 4.98 Å². The topological polar surface area (TPSA) is 63.8 Å². The summed E-state index contributed by atoms with van der Waals surface area (Å²) in [5.41, 5.74) is 9.19. The van der Waals surface area contributed by atoms with Crippen LogP contribution in [0.15, 0.2) is 29.6 Å². The van der Waals surface area contributed by atoms with Crippen molar-refractivity contribution in [1.29, 1.82) is 0 Å². The predicted octanol–water partition coefficient (Wildman–Crippen LogP) is 3.63. The number of aryl methyl sites for hydroxylation is 2. The molecular weight excluding hydrogens is 256 g/mol. The number of thiophene rings is 1. The van der Waals surface area contributed by atoms with Gasteiger partial charge >= 0.3 is 0 Å². The number of hydrogen-bond donors (Lipinski definition) is 2. The summed E-state index contributed by atoms with van der Waals surface area (Å²) in [5.74, 6) is 1.05. The minimum Gasteiger partial charge on any atom is -0.368 e. The van der Waals surface area contributed by atoms with E-state index in [1.807, 2.05) is 11.4 Å². The highest BCUT2D eigenvalue weighted by Crippen LogP contribution is 2.28. The second-order valence-corrected chi connectivity index (χ2v) is 5.47. The van der Waals surface area contributed by atoms with Crippen molar-refractivity contribution in [2.45, 2.75) is 13.8 Å². The Hall–Kier alpha value is -2.14. The van der Waals surface area contributed by atoms with Crippen LogP contribution in [0.25, 0.3) is 10.2 Å². The first-order valence-corrected chi connectivity index (χ1v) is 6.86. The molecule has 19 heavy (non-hydrogen) atoms. The molecule has 0 aliphatic heterocycles. The van der Waals surface area contributed by atoms with Gasteiger partial charge in [0.2, 0.25) is 5.95 Å². The molecule has 0 atom stereocenters. The van der Waals surface area contributed by atoms with Crippen LogP contribution < -0.4 is 11.1 Å². The van der Waals surface area contributed by atoms with Crippen LogP contribution in [0.2, 0.25) is 0 Å². The van der Waals surface area contributed by atoms with E-state index in [0.29, 0.717) is 5.95 Å². The van der Waals surface area contributed by atoms with E-state index in [0.717, 1.165) is 21.7 Å². The number of fused-ring (bicyclic) bond motifs is 1. The zero-order valence-corrected chi connectivity index (χ0v) is 11.6. The smallest absolute Gasteiger partial charge is 0.223 e. The lowest BCUT2D eigenvalue weighted by molar-refractivity contribution is 1.24. The Morgan fingerprint density at radius 1 is 1.11 bits per heavy atom. The predicted molar refractivity (Wildman–Crippen MR) is 81.0 cm³/mol. The Bertz CT molecular complexity index is 728. The summed E-state index contributed by atoms with van der Waals surface area (Å²) in [6.07, 6.45) is 0. The van der Waals surface area contributed by atoms with Gasteiger partial charge < -0.3 is 11.1 Å². The van der Waals surface area contributed by atoms with E-state index in [2.05, 4.69) is 47.3 Å². The SMILES string of the molecule is Cc1cc(C)cc(Nc2nc(N)nc3sccc23)c1. The van der Waals surface area contributed by atoms with Gasteiger partial charge in [-0.1, -0.05) is 6.07 Å². The molecule has 0 spiro atoms. The monoisotopic (exact) mass is 270 g/mol. The fraction of sp³-hybridized carbons (Fsp3) is 0.143. The van der Waals surface area contributed by atoms with Gasteiger partial charge in [0.25, 0.3) is 0 Å². The van der Waals surface area contributed by atoms with Crippen molar-refractivity contribution in [2.24, 2.45) is 0 Å². The Balaban J connectivity index is 2.07. The lowest BCUT2D eigenvalue weighted by atomic mass is 10.1. The molecular formula is C14H14N4S. The van der Waals surface area contributed by atoms with Crippen molar-refractivity contribution >= 4 is 39.0 Å². The first-order chi connectivity index (χ1) is 9.11. The van der Waals surface area contributed by atoms with E-state index in [9.17, 15) is 0 Å². The maximum absolute atomic E-state index is 5.74. The number of nitrogen functional groups attached to an aromatic ring is 1. The third-order valence-electron chi connectivity index (χ3n) is 2.83. The number of nitrogens with two attached hydrogens (primary N) is 1. The number of hydrogen-bond acceptors (Lipinski definition) is 5. The molecule has 1 aromatic carbocycles. The molecule has 3 N–H and O–H groups in total. The number of anilines is 3. The normalized spacial score (nSPS) is 10.8. The first-order valence-electron chi connectivity index (χ1n) is 5.98. The molecule has 0 bridgehead atoms. The Morgan fingerprint density at radius 3 is 2.58 bits per heavy atom. The maximum atomic E-state index is 5.74. The largest absolute Gasteiger partial charge is 0.368 e. The van der Waals surface area contributed by atoms with E-state index in [1.54, 1.807) is 11.3 Å². The Labute approximate surface area is 115 Å². The molecule has 0 unspecified atom stereocenters. The molecule has 0 saturated carbocycles. The molecule has 2 aromatic heterocycles. The molecule has 0 amide bonds. The fourth-order valence-corrected chi connectivity index (χ4v) is 2.92. The van der Waals surface area contributed by atoms with Crippen LogP contribution in [0.3, 0.4) is 0 Å². The Morgan fingerprint density at radius 2 is 1.84 bits per heavy atom. The molecule has 0 aliphatic carbocycles. The minimum atomic E-state index is 0.293. The zero-order valence-electron chi connectivity index (χ0n) is 10.8. The van der Waals surface area contributed by atoms with E-state index < -0.39 is 0 Å². The molecule has 96 valence electrons. The summed E-state index contributed by atoms with van der Waals surface area (Å²) in [5, 5.41) is 6.32. The van der Waals surface area contributed by atoms with Crippen LogP contribution >= 0.6 is 11.3 Å². The highest BCUT2D eigenvalue weighted by atomic mass is 32.1. The molecule has 0 aliphatic rings. The van der Waals surface area contributed by atoms with Crippen LogP contribution in [0, 0.1) is 13.8 Å². The van der Waals surface area contributed by atoms with Gasteiger partial charge in [-0.05, 0) is 48.6 Å². The summed E-state index contributed by atoms with van der Waals surface area (Å²) in [4.78, 5) is 9.41. The number of benzene rings is 1. The van der Waals surface area contributed by atoms with Crippen LogP contribution in [0.1, 0.15) is 11.1 Å². The van der Waals surface area contributed by atoms with Crippen LogP contribution in [0.4, 0.5) is 17.5 Å². The molecule has 4 nitrogen and oxygen atoms in total. The van der Waals surface area contributed by atoms with Crippen molar-refractivity contribution < 1.29 is 0 Å². The Kier molecular flexibility index (Phi) is 2.83. The van der Waals surface area contributed by atoms with Gasteiger partial charge in [-0.3, -0.25) is 0 Å². The summed E-state index contributed by atoms with van der Waals surface area (Å²) in [6.45, 7) is 4.15. The van der Waals surface area contributed by atoms with Gasteiger partial charge in [0.15, 0.2) is 0 Å². The average Bonchev–Trinajstić information content (AvgIpc) is 2.75. The van der Waals surface area contributed by atoms with Crippen LogP contribution in [0.5, 0.6) is 0 Å². The van der Waals surface area contributed by atoms with E-state index in [-0.39, 0.29) is 0 Å². The number of nitrogens with zero attached hydrogens (tertiary/aromatic N) is 2. The van der Waals surface area contributed by atoms with Crippen molar-refractivity contribution in [3.8, 4) is 0 Å². The zero-order chi connectivity index (χ0) is 13.4. The van der Waals surface area contributed by atoms with E-state index in [4.69, 9.17) is 5.73 Å². The van der Waals surface area contributed by atoms with Gasteiger partial charge in [0, 0.05) is 5.69 Å². The summed E-state index contributed by atoms with van der Waals surface area (Å²) in [7, 11) is 0. The summed E-state index contributed by atoms with van der Waals surface area (Å²) < 4.78 is 0. The van der Waals surface area contributed by atoms with E-state index >= 15 is 0 Å². The molecule has 5 heteroatoms. The van der Waals surface area contributed by atoms with Crippen molar-refractivity contribution in [3.63, 3.8) is 0 Å². The standard InChI is InChI=1S/C14H14N4S/c1-8-5-9(2)7-10(6-8)16-12-11-3-4-19-13(11)18-14(15)17-12/h3-7H,1-2H3,(H3,15,16,17,18). The number of rotatable bonds is 2. The lowest BCUT2D eigenvalue weighted by Crippen LogP contribution is -2.00. The van der Waals surface area contributed by atoms with Gasteiger partial charge in [0.1, 0.15) is 10.6 Å². The minimum absolute atomic E-state index is 0.293. The molecule has 3 rings (SSSR count). The molecule has 2 heterocycles. The van der Waals surface area contributed by atoms with Gasteiger partial charge in [0.05, 0.1) is 5.39 Å². The third-order valence-corrected chi connectivity index (χ3v) is 3.63. The second kappa shape index (κ2) is 4.51. The van der Waals surface area contributed by atoms with Crippen LogP contribution in [-0.4, -0.2) is 9.97 Å². The fourth-order valence-electron chi connectivity index (χ4n) is 2.15.